The second-order valence-corrected chi connectivity index (χ2v) is 8.88. The van der Waals surface area contributed by atoms with Gasteiger partial charge in [0.25, 0.3) is 0 Å². The highest BCUT2D eigenvalue weighted by Gasteiger charge is 2.42. The summed E-state index contributed by atoms with van der Waals surface area (Å²) in [5.41, 5.74) is 2.08. The molecule has 0 aliphatic heterocycles. The Bertz CT molecular complexity index is 440. The molecule has 0 radical (unpaired) electrons. The van der Waals surface area contributed by atoms with Crippen LogP contribution in [0.4, 0.5) is 0 Å². The quantitative estimate of drug-likeness (QED) is 0.650. The molecule has 1 heterocycles. The van der Waals surface area contributed by atoms with Gasteiger partial charge < -0.3 is 5.32 Å². The second-order valence-electron chi connectivity index (χ2n) is 7.42. The smallest absolute Gasteiger partial charge is 0.0388 e. The lowest BCUT2D eigenvalue weighted by Crippen LogP contribution is -2.38. The zero-order valence-corrected chi connectivity index (χ0v) is 15.4. The fourth-order valence-corrected chi connectivity index (χ4v) is 5.35. The van der Waals surface area contributed by atoms with Crippen LogP contribution < -0.4 is 5.32 Å². The van der Waals surface area contributed by atoms with E-state index in [0.29, 0.717) is 11.5 Å². The third-order valence-electron chi connectivity index (χ3n) is 5.02. The van der Waals surface area contributed by atoms with Crippen LogP contribution in [0.2, 0.25) is 0 Å². The van der Waals surface area contributed by atoms with Gasteiger partial charge in [0.15, 0.2) is 0 Å². The van der Waals surface area contributed by atoms with Gasteiger partial charge in [0, 0.05) is 15.8 Å². The third kappa shape index (κ3) is 3.90. The molecule has 120 valence electrons. The van der Waals surface area contributed by atoms with Crippen molar-refractivity contribution in [2.45, 2.75) is 79.2 Å². The van der Waals surface area contributed by atoms with E-state index in [-0.39, 0.29) is 0 Å². The molecule has 0 aromatic carbocycles. The first kappa shape index (κ1) is 17.0. The van der Waals surface area contributed by atoms with Gasteiger partial charge in [-0.25, -0.2) is 0 Å². The van der Waals surface area contributed by atoms with E-state index in [1.807, 2.05) is 11.3 Å². The molecule has 1 aliphatic carbocycles. The Balaban J connectivity index is 2.34. The predicted octanol–water partition coefficient (Wildman–Crippen LogP) is 6.01. The second kappa shape index (κ2) is 7.28. The highest BCUT2D eigenvalue weighted by Crippen LogP contribution is 2.52. The van der Waals surface area contributed by atoms with Crippen LogP contribution in [0, 0.1) is 25.2 Å². The Hall–Kier alpha value is -0.340. The maximum atomic E-state index is 3.93. The fraction of sp³-hybridized carbons (Fsp3) is 0.789. The third-order valence-corrected chi connectivity index (χ3v) is 6.00. The molecule has 0 spiro atoms. The Labute approximate surface area is 135 Å². The minimum Gasteiger partial charge on any atom is -0.309 e. The zero-order chi connectivity index (χ0) is 15.5. The van der Waals surface area contributed by atoms with Crippen LogP contribution in [-0.4, -0.2) is 6.54 Å². The van der Waals surface area contributed by atoms with E-state index >= 15 is 0 Å². The van der Waals surface area contributed by atoms with Crippen LogP contribution >= 0.6 is 11.3 Å². The van der Waals surface area contributed by atoms with Gasteiger partial charge >= 0.3 is 0 Å². The molecule has 1 aliphatic rings. The van der Waals surface area contributed by atoms with Crippen molar-refractivity contribution in [3.8, 4) is 0 Å². The van der Waals surface area contributed by atoms with Crippen LogP contribution in [0.1, 0.15) is 80.7 Å². The number of rotatable bonds is 7. The molecular weight excluding hydrogens is 274 g/mol. The highest BCUT2D eigenvalue weighted by molar-refractivity contribution is 7.12. The van der Waals surface area contributed by atoms with E-state index in [1.165, 1.54) is 48.3 Å². The highest BCUT2D eigenvalue weighted by atomic mass is 32.1. The number of thiophene rings is 1. The minimum atomic E-state index is 0.488. The van der Waals surface area contributed by atoms with Crippen molar-refractivity contribution < 1.29 is 0 Å². The topological polar surface area (TPSA) is 12.0 Å². The molecule has 0 amide bonds. The normalized spacial score (nSPS) is 19.3. The van der Waals surface area contributed by atoms with Gasteiger partial charge in [-0.2, -0.15) is 0 Å². The van der Waals surface area contributed by atoms with Crippen molar-refractivity contribution in [1.82, 2.24) is 5.32 Å². The summed E-state index contributed by atoms with van der Waals surface area (Å²) in [6.45, 7) is 12.8. The first-order valence-corrected chi connectivity index (χ1v) is 9.60. The molecule has 1 nitrogen and oxygen atoms in total. The molecule has 2 heteroatoms. The largest absolute Gasteiger partial charge is 0.309 e. The van der Waals surface area contributed by atoms with Crippen LogP contribution in [-0.2, 0) is 0 Å². The average molecular weight is 308 g/mol. The lowest BCUT2D eigenvalue weighted by atomic mass is 9.70. The van der Waals surface area contributed by atoms with Crippen molar-refractivity contribution in [2.75, 3.05) is 6.54 Å². The Morgan fingerprint density at radius 1 is 1.24 bits per heavy atom. The van der Waals surface area contributed by atoms with Gasteiger partial charge in [0.2, 0.25) is 0 Å². The van der Waals surface area contributed by atoms with Crippen LogP contribution in [0.15, 0.2) is 6.07 Å². The SMILES string of the molecule is CCCNC(c1cc(C)sc1C)C1(CC(C)C)CCCC1. The van der Waals surface area contributed by atoms with Gasteiger partial charge in [-0.05, 0) is 69.0 Å². The van der Waals surface area contributed by atoms with Crippen molar-refractivity contribution in [1.29, 1.82) is 0 Å². The number of nitrogens with one attached hydrogen (secondary N) is 1. The molecule has 1 unspecified atom stereocenters. The summed E-state index contributed by atoms with van der Waals surface area (Å²) in [5.74, 6) is 0.786. The van der Waals surface area contributed by atoms with E-state index < -0.39 is 0 Å². The lowest BCUT2D eigenvalue weighted by molar-refractivity contribution is 0.155. The maximum absolute atomic E-state index is 3.93. The first-order chi connectivity index (χ1) is 9.98. The van der Waals surface area contributed by atoms with E-state index in [1.54, 1.807) is 5.56 Å². The molecule has 1 fully saturated rings. The van der Waals surface area contributed by atoms with Crippen LogP contribution in [0.3, 0.4) is 0 Å². The molecular formula is C19H33NS. The van der Waals surface area contributed by atoms with Crippen LogP contribution in [0.5, 0.6) is 0 Å². The maximum Gasteiger partial charge on any atom is 0.0388 e. The summed E-state index contributed by atoms with van der Waals surface area (Å²) in [6.07, 6.45) is 8.22. The Morgan fingerprint density at radius 3 is 2.38 bits per heavy atom. The molecule has 1 N–H and O–H groups in total. The molecule has 21 heavy (non-hydrogen) atoms. The van der Waals surface area contributed by atoms with Crippen molar-refractivity contribution >= 4 is 11.3 Å². The molecule has 0 saturated heterocycles. The van der Waals surface area contributed by atoms with Crippen LogP contribution in [0.25, 0.3) is 0 Å². The van der Waals surface area contributed by atoms with Gasteiger partial charge in [-0.15, -0.1) is 11.3 Å². The standard InChI is InChI=1S/C19H33NS/c1-6-11-20-18(17-12-15(4)21-16(17)5)19(13-14(2)3)9-7-8-10-19/h12,14,18,20H,6-11,13H2,1-5H3. The van der Waals surface area contributed by atoms with Crippen molar-refractivity contribution in [3.05, 3.63) is 21.4 Å². The Morgan fingerprint density at radius 2 is 1.90 bits per heavy atom. The zero-order valence-electron chi connectivity index (χ0n) is 14.6. The monoisotopic (exact) mass is 307 g/mol. The van der Waals surface area contributed by atoms with E-state index in [0.717, 1.165) is 12.5 Å². The molecule has 1 aromatic heterocycles. The van der Waals surface area contributed by atoms with E-state index in [4.69, 9.17) is 0 Å². The van der Waals surface area contributed by atoms with Gasteiger partial charge in [-0.1, -0.05) is 33.6 Å². The van der Waals surface area contributed by atoms with Crippen molar-refractivity contribution in [2.24, 2.45) is 11.3 Å². The molecule has 1 atom stereocenters. The summed E-state index contributed by atoms with van der Waals surface area (Å²) >= 11 is 1.97. The summed E-state index contributed by atoms with van der Waals surface area (Å²) in [5, 5.41) is 3.93. The Kier molecular flexibility index (Phi) is 5.90. The molecule has 0 bridgehead atoms. The van der Waals surface area contributed by atoms with E-state index in [9.17, 15) is 0 Å². The summed E-state index contributed by atoms with van der Waals surface area (Å²) in [6, 6.07) is 3.01. The molecule has 1 saturated carbocycles. The van der Waals surface area contributed by atoms with Gasteiger partial charge in [0.1, 0.15) is 0 Å². The number of aryl methyl sites for hydroxylation is 2. The lowest BCUT2D eigenvalue weighted by Gasteiger charge is -2.40. The number of hydrogen-bond acceptors (Lipinski definition) is 2. The summed E-state index contributed by atoms with van der Waals surface area (Å²) < 4.78 is 0. The summed E-state index contributed by atoms with van der Waals surface area (Å²) in [4.78, 5) is 2.99. The van der Waals surface area contributed by atoms with Crippen molar-refractivity contribution in [3.63, 3.8) is 0 Å². The van der Waals surface area contributed by atoms with E-state index in [2.05, 4.69) is 46.0 Å². The summed E-state index contributed by atoms with van der Waals surface area (Å²) in [7, 11) is 0. The molecule has 1 aromatic rings. The van der Waals surface area contributed by atoms with Gasteiger partial charge in [0.05, 0.1) is 0 Å². The minimum absolute atomic E-state index is 0.488. The average Bonchev–Trinajstić information content (AvgIpc) is 2.97. The first-order valence-electron chi connectivity index (χ1n) is 8.79. The predicted molar refractivity (Wildman–Crippen MR) is 95.2 cm³/mol. The van der Waals surface area contributed by atoms with Gasteiger partial charge in [-0.3, -0.25) is 0 Å². The molecule has 2 rings (SSSR count). The fourth-order valence-electron chi connectivity index (χ4n) is 4.38. The number of hydrogen-bond donors (Lipinski definition) is 1.